The van der Waals surface area contributed by atoms with Crippen molar-refractivity contribution in [3.8, 4) is 0 Å². The molecule has 1 atom stereocenters. The molecule has 3 rings (SSSR count). The van der Waals surface area contributed by atoms with Gasteiger partial charge in [-0.1, -0.05) is 37.2 Å². The number of aromatic nitrogens is 2. The Morgan fingerprint density at radius 3 is 2.75 bits per heavy atom. The standard InChI is InChI=1S/C17H18N2O/c1-3-14-9-8-13(11-18-14)10-12(2)17-15-6-4-5-7-16(15)20-19-17/h4-9,11-12H,3,10H2,1-2H3. The first-order valence-corrected chi connectivity index (χ1v) is 7.06. The van der Waals surface area contributed by atoms with E-state index < -0.39 is 0 Å². The first-order valence-electron chi connectivity index (χ1n) is 7.06. The van der Waals surface area contributed by atoms with Crippen LogP contribution < -0.4 is 0 Å². The Kier molecular flexibility index (Phi) is 3.50. The lowest BCUT2D eigenvalue weighted by molar-refractivity contribution is 0.439. The number of para-hydroxylation sites is 1. The van der Waals surface area contributed by atoms with Crippen molar-refractivity contribution in [2.24, 2.45) is 0 Å². The normalized spacial score (nSPS) is 12.7. The first kappa shape index (κ1) is 12.9. The minimum Gasteiger partial charge on any atom is -0.356 e. The molecule has 2 heterocycles. The molecular formula is C17H18N2O. The maximum Gasteiger partial charge on any atom is 0.167 e. The molecule has 0 N–H and O–H groups in total. The zero-order chi connectivity index (χ0) is 13.9. The van der Waals surface area contributed by atoms with Crippen LogP contribution in [0, 0.1) is 0 Å². The smallest absolute Gasteiger partial charge is 0.167 e. The molecule has 3 aromatic rings. The Bertz CT molecular complexity index is 700. The van der Waals surface area contributed by atoms with E-state index in [9.17, 15) is 0 Å². The number of rotatable bonds is 4. The Morgan fingerprint density at radius 2 is 2.00 bits per heavy atom. The number of benzene rings is 1. The largest absolute Gasteiger partial charge is 0.356 e. The Labute approximate surface area is 118 Å². The molecule has 2 aromatic heterocycles. The van der Waals surface area contributed by atoms with E-state index in [1.807, 2.05) is 24.4 Å². The summed E-state index contributed by atoms with van der Waals surface area (Å²) in [7, 11) is 0. The van der Waals surface area contributed by atoms with Crippen molar-refractivity contribution in [2.75, 3.05) is 0 Å². The molecule has 0 aliphatic carbocycles. The van der Waals surface area contributed by atoms with Gasteiger partial charge in [0.15, 0.2) is 5.58 Å². The van der Waals surface area contributed by atoms with Crippen molar-refractivity contribution in [3.63, 3.8) is 0 Å². The van der Waals surface area contributed by atoms with Gasteiger partial charge in [0.05, 0.1) is 5.69 Å². The molecule has 0 amide bonds. The maximum absolute atomic E-state index is 5.38. The van der Waals surface area contributed by atoms with Crippen LogP contribution in [0.15, 0.2) is 47.1 Å². The average molecular weight is 266 g/mol. The summed E-state index contributed by atoms with van der Waals surface area (Å²) in [5, 5.41) is 5.34. The summed E-state index contributed by atoms with van der Waals surface area (Å²) in [6.07, 6.45) is 3.87. The third-order valence-corrected chi connectivity index (χ3v) is 3.66. The maximum atomic E-state index is 5.38. The Balaban J connectivity index is 1.83. The van der Waals surface area contributed by atoms with Crippen molar-refractivity contribution < 1.29 is 4.52 Å². The Morgan fingerprint density at radius 1 is 1.15 bits per heavy atom. The second-order valence-electron chi connectivity index (χ2n) is 5.18. The van der Waals surface area contributed by atoms with E-state index in [0.717, 1.165) is 35.2 Å². The van der Waals surface area contributed by atoms with Crippen molar-refractivity contribution in [2.45, 2.75) is 32.6 Å². The van der Waals surface area contributed by atoms with E-state index in [-0.39, 0.29) is 0 Å². The van der Waals surface area contributed by atoms with Crippen molar-refractivity contribution in [1.82, 2.24) is 10.1 Å². The summed E-state index contributed by atoms with van der Waals surface area (Å²) >= 11 is 0. The number of aryl methyl sites for hydroxylation is 1. The van der Waals surface area contributed by atoms with Crippen LogP contribution in [0.4, 0.5) is 0 Å². The highest BCUT2D eigenvalue weighted by atomic mass is 16.5. The van der Waals surface area contributed by atoms with Crippen molar-refractivity contribution in [3.05, 3.63) is 59.5 Å². The number of pyridine rings is 1. The topological polar surface area (TPSA) is 38.9 Å². The van der Waals surface area contributed by atoms with E-state index in [2.05, 4.69) is 42.2 Å². The van der Waals surface area contributed by atoms with E-state index in [1.54, 1.807) is 0 Å². The van der Waals surface area contributed by atoms with Gasteiger partial charge in [-0.05, 0) is 36.6 Å². The summed E-state index contributed by atoms with van der Waals surface area (Å²) in [6.45, 7) is 4.30. The van der Waals surface area contributed by atoms with Crippen LogP contribution in [0.1, 0.15) is 36.7 Å². The number of fused-ring (bicyclic) bond motifs is 1. The van der Waals surface area contributed by atoms with Gasteiger partial charge in [-0.25, -0.2) is 0 Å². The molecule has 0 aliphatic heterocycles. The molecule has 0 bridgehead atoms. The molecule has 0 saturated carbocycles. The Hall–Kier alpha value is -2.16. The summed E-state index contributed by atoms with van der Waals surface area (Å²) < 4.78 is 5.38. The second-order valence-corrected chi connectivity index (χ2v) is 5.18. The zero-order valence-corrected chi connectivity index (χ0v) is 11.8. The summed E-state index contributed by atoms with van der Waals surface area (Å²) in [4.78, 5) is 4.45. The fourth-order valence-corrected chi connectivity index (χ4v) is 2.50. The zero-order valence-electron chi connectivity index (χ0n) is 11.8. The summed E-state index contributed by atoms with van der Waals surface area (Å²) in [6, 6.07) is 12.3. The van der Waals surface area contributed by atoms with Crippen LogP contribution in [0.3, 0.4) is 0 Å². The van der Waals surface area contributed by atoms with Crippen LogP contribution in [-0.2, 0) is 12.8 Å². The minimum absolute atomic E-state index is 0.313. The summed E-state index contributed by atoms with van der Waals surface area (Å²) in [5.41, 5.74) is 4.25. The van der Waals surface area contributed by atoms with E-state index in [4.69, 9.17) is 4.52 Å². The fourth-order valence-electron chi connectivity index (χ4n) is 2.50. The third kappa shape index (κ3) is 2.44. The van der Waals surface area contributed by atoms with Gasteiger partial charge in [-0.15, -0.1) is 0 Å². The minimum atomic E-state index is 0.313. The highest BCUT2D eigenvalue weighted by Gasteiger charge is 2.15. The molecule has 1 aromatic carbocycles. The molecule has 3 heteroatoms. The molecule has 0 fully saturated rings. The van der Waals surface area contributed by atoms with Gasteiger partial charge in [0.2, 0.25) is 0 Å². The predicted molar refractivity (Wildman–Crippen MR) is 79.7 cm³/mol. The van der Waals surface area contributed by atoms with Gasteiger partial charge < -0.3 is 4.52 Å². The SMILES string of the molecule is CCc1ccc(CC(C)c2noc3ccccc23)cn1. The molecule has 0 saturated heterocycles. The lowest BCUT2D eigenvalue weighted by Gasteiger charge is -2.08. The van der Waals surface area contributed by atoms with E-state index in [0.29, 0.717) is 5.92 Å². The molecule has 1 unspecified atom stereocenters. The molecule has 0 spiro atoms. The lowest BCUT2D eigenvalue weighted by Crippen LogP contribution is -2.00. The molecule has 3 nitrogen and oxygen atoms in total. The highest BCUT2D eigenvalue weighted by Crippen LogP contribution is 2.27. The van der Waals surface area contributed by atoms with Gasteiger partial charge >= 0.3 is 0 Å². The van der Waals surface area contributed by atoms with Crippen molar-refractivity contribution >= 4 is 11.0 Å². The van der Waals surface area contributed by atoms with Crippen molar-refractivity contribution in [1.29, 1.82) is 0 Å². The number of hydrogen-bond donors (Lipinski definition) is 0. The number of hydrogen-bond acceptors (Lipinski definition) is 3. The molecule has 0 aliphatic rings. The first-order chi connectivity index (χ1) is 9.78. The molecular weight excluding hydrogens is 248 g/mol. The second kappa shape index (κ2) is 5.45. The van der Waals surface area contributed by atoms with Gasteiger partial charge in [-0.3, -0.25) is 4.98 Å². The lowest BCUT2D eigenvalue weighted by atomic mass is 9.96. The highest BCUT2D eigenvalue weighted by molar-refractivity contribution is 5.79. The predicted octanol–water partition coefficient (Wildman–Crippen LogP) is 4.13. The van der Waals surface area contributed by atoms with Gasteiger partial charge in [0, 0.05) is 23.2 Å². The quantitative estimate of drug-likeness (QED) is 0.712. The molecule has 20 heavy (non-hydrogen) atoms. The van der Waals surface area contributed by atoms with Crippen LogP contribution in [0.5, 0.6) is 0 Å². The van der Waals surface area contributed by atoms with Gasteiger partial charge in [0.1, 0.15) is 0 Å². The van der Waals surface area contributed by atoms with E-state index in [1.165, 1.54) is 5.56 Å². The van der Waals surface area contributed by atoms with Gasteiger partial charge in [0.25, 0.3) is 0 Å². The van der Waals surface area contributed by atoms with Crippen LogP contribution in [-0.4, -0.2) is 10.1 Å². The monoisotopic (exact) mass is 266 g/mol. The van der Waals surface area contributed by atoms with Crippen LogP contribution >= 0.6 is 0 Å². The molecule has 0 radical (unpaired) electrons. The third-order valence-electron chi connectivity index (χ3n) is 3.66. The summed E-state index contributed by atoms with van der Waals surface area (Å²) in [5.74, 6) is 0.313. The fraction of sp³-hybridized carbons (Fsp3) is 0.294. The molecule has 102 valence electrons. The van der Waals surface area contributed by atoms with E-state index >= 15 is 0 Å². The average Bonchev–Trinajstić information content (AvgIpc) is 2.92. The van der Waals surface area contributed by atoms with Crippen LogP contribution in [0.2, 0.25) is 0 Å². The number of nitrogens with zero attached hydrogens (tertiary/aromatic N) is 2. The van der Waals surface area contributed by atoms with Crippen LogP contribution in [0.25, 0.3) is 11.0 Å². The van der Waals surface area contributed by atoms with Gasteiger partial charge in [-0.2, -0.15) is 0 Å².